The molecule has 6 heteroatoms. The van der Waals surface area contributed by atoms with E-state index in [1.54, 1.807) is 0 Å². The quantitative estimate of drug-likeness (QED) is 0.451. The van der Waals surface area contributed by atoms with Gasteiger partial charge in [0.2, 0.25) is 0 Å². The van der Waals surface area contributed by atoms with Crippen molar-refractivity contribution < 1.29 is 14.8 Å². The number of carbonyl (C=O) groups is 1. The molecule has 0 unspecified atom stereocenters. The van der Waals surface area contributed by atoms with Crippen molar-refractivity contribution in [1.82, 2.24) is 0 Å². The van der Waals surface area contributed by atoms with Crippen LogP contribution >= 0.6 is 0 Å². The molecule has 0 saturated carbocycles. The third-order valence-electron chi connectivity index (χ3n) is 1.88. The minimum absolute atomic E-state index is 0.00263. The zero-order valence-electron chi connectivity index (χ0n) is 8.34. The molecule has 0 spiro atoms. The average molecular weight is 222 g/mol. The van der Waals surface area contributed by atoms with E-state index in [1.807, 2.05) is 0 Å². The van der Waals surface area contributed by atoms with E-state index in [0.717, 1.165) is 6.07 Å². The van der Waals surface area contributed by atoms with Gasteiger partial charge in [0.05, 0.1) is 10.5 Å². The van der Waals surface area contributed by atoms with Crippen LogP contribution in [0, 0.1) is 10.1 Å². The fraction of sp³-hybridized carbons (Fsp3) is 0.100. The largest absolute Gasteiger partial charge is 0.478 e. The first-order chi connectivity index (χ1) is 7.56. The van der Waals surface area contributed by atoms with E-state index < -0.39 is 10.9 Å². The molecule has 1 rings (SSSR count). The Bertz CT molecular complexity index is 442. The highest BCUT2D eigenvalue weighted by Crippen LogP contribution is 2.25. The molecule has 2 N–H and O–H groups in total. The first-order valence-electron chi connectivity index (χ1n) is 4.42. The lowest BCUT2D eigenvalue weighted by Gasteiger charge is -2.05. The molecule has 0 atom stereocenters. The van der Waals surface area contributed by atoms with Gasteiger partial charge in [-0.1, -0.05) is 6.08 Å². The second-order valence-corrected chi connectivity index (χ2v) is 2.96. The van der Waals surface area contributed by atoms with Gasteiger partial charge in [-0.25, -0.2) is 4.79 Å². The number of carboxylic acid groups (broad SMARTS) is 1. The maximum absolute atomic E-state index is 10.7. The van der Waals surface area contributed by atoms with Crippen molar-refractivity contribution in [2.45, 2.75) is 0 Å². The van der Waals surface area contributed by atoms with Crippen LogP contribution < -0.4 is 5.32 Å². The Hall–Kier alpha value is -2.37. The predicted molar refractivity (Wildman–Crippen MR) is 58.7 cm³/mol. The summed E-state index contributed by atoms with van der Waals surface area (Å²) >= 11 is 0. The highest BCUT2D eigenvalue weighted by Gasteiger charge is 2.15. The number of nitrogens with one attached hydrogen (secondary N) is 1. The van der Waals surface area contributed by atoms with Crippen molar-refractivity contribution in [2.75, 3.05) is 11.9 Å². The van der Waals surface area contributed by atoms with E-state index >= 15 is 0 Å². The summed E-state index contributed by atoms with van der Waals surface area (Å²) in [6.45, 7) is 3.78. The highest BCUT2D eigenvalue weighted by atomic mass is 16.6. The third kappa shape index (κ3) is 2.57. The van der Waals surface area contributed by atoms with Crippen LogP contribution in [0.3, 0.4) is 0 Å². The summed E-state index contributed by atoms with van der Waals surface area (Å²) in [6.07, 6.45) is 1.52. The van der Waals surface area contributed by atoms with Crippen molar-refractivity contribution in [3.63, 3.8) is 0 Å². The summed E-state index contributed by atoms with van der Waals surface area (Å²) < 4.78 is 0. The van der Waals surface area contributed by atoms with E-state index in [4.69, 9.17) is 5.11 Å². The summed E-state index contributed by atoms with van der Waals surface area (Å²) in [7, 11) is 0. The third-order valence-corrected chi connectivity index (χ3v) is 1.88. The van der Waals surface area contributed by atoms with E-state index in [0.29, 0.717) is 6.54 Å². The second kappa shape index (κ2) is 4.92. The van der Waals surface area contributed by atoms with Gasteiger partial charge in [0.1, 0.15) is 5.69 Å². The number of benzene rings is 1. The van der Waals surface area contributed by atoms with Gasteiger partial charge in [-0.05, 0) is 12.1 Å². The van der Waals surface area contributed by atoms with Crippen molar-refractivity contribution in [2.24, 2.45) is 0 Å². The molecule has 0 bridgehead atoms. The molecule has 1 aromatic rings. The van der Waals surface area contributed by atoms with Crippen LogP contribution in [0.5, 0.6) is 0 Å². The first kappa shape index (κ1) is 11.7. The Morgan fingerprint density at radius 3 is 2.81 bits per heavy atom. The normalized spacial score (nSPS) is 9.50. The predicted octanol–water partition coefficient (Wildman–Crippen LogP) is 1.89. The maximum Gasteiger partial charge on any atom is 0.335 e. The van der Waals surface area contributed by atoms with Crippen LogP contribution in [0.4, 0.5) is 11.4 Å². The average Bonchev–Trinajstić information content (AvgIpc) is 2.25. The van der Waals surface area contributed by atoms with Gasteiger partial charge in [-0.15, -0.1) is 6.58 Å². The van der Waals surface area contributed by atoms with Crippen LogP contribution in [0.1, 0.15) is 10.4 Å². The molecule has 84 valence electrons. The zero-order valence-corrected chi connectivity index (χ0v) is 8.34. The number of nitro groups is 1. The SMILES string of the molecule is C=CCNc1cc(C(=O)O)ccc1[N+](=O)[O-]. The number of carboxylic acids is 1. The first-order valence-corrected chi connectivity index (χ1v) is 4.42. The molecule has 0 aliphatic heterocycles. The molecule has 0 radical (unpaired) electrons. The Morgan fingerprint density at radius 1 is 1.62 bits per heavy atom. The van der Waals surface area contributed by atoms with Crippen LogP contribution in [-0.2, 0) is 0 Å². The molecule has 6 nitrogen and oxygen atoms in total. The molecular weight excluding hydrogens is 212 g/mol. The van der Waals surface area contributed by atoms with Gasteiger partial charge in [-0.3, -0.25) is 10.1 Å². The Morgan fingerprint density at radius 2 is 2.31 bits per heavy atom. The Balaban J connectivity index is 3.15. The van der Waals surface area contributed by atoms with E-state index in [-0.39, 0.29) is 16.9 Å². The summed E-state index contributed by atoms with van der Waals surface area (Å²) in [6, 6.07) is 3.58. The van der Waals surface area contributed by atoms with Crippen molar-refractivity contribution in [3.05, 3.63) is 46.5 Å². The monoisotopic (exact) mass is 222 g/mol. The van der Waals surface area contributed by atoms with E-state index in [2.05, 4.69) is 11.9 Å². The standard InChI is InChI=1S/C10H10N2O4/c1-2-5-11-8-6-7(10(13)14)3-4-9(8)12(15)16/h2-4,6,11H,1,5H2,(H,13,14). The maximum atomic E-state index is 10.7. The molecule has 1 aromatic carbocycles. The molecule has 0 aromatic heterocycles. The molecule has 16 heavy (non-hydrogen) atoms. The van der Waals surface area contributed by atoms with Crippen LogP contribution in [0.2, 0.25) is 0 Å². The lowest BCUT2D eigenvalue weighted by atomic mass is 10.1. The minimum Gasteiger partial charge on any atom is -0.478 e. The summed E-state index contributed by atoms with van der Waals surface area (Å²) in [5, 5.41) is 22.1. The smallest absolute Gasteiger partial charge is 0.335 e. The van der Waals surface area contributed by atoms with Crippen LogP contribution in [0.15, 0.2) is 30.9 Å². The lowest BCUT2D eigenvalue weighted by molar-refractivity contribution is -0.384. The minimum atomic E-state index is -1.13. The number of aromatic carboxylic acids is 1. The number of hydrogen-bond donors (Lipinski definition) is 2. The van der Waals surface area contributed by atoms with E-state index in [9.17, 15) is 14.9 Å². The molecule has 0 fully saturated rings. The van der Waals surface area contributed by atoms with Gasteiger partial charge in [0.25, 0.3) is 5.69 Å². The van der Waals surface area contributed by atoms with E-state index in [1.165, 1.54) is 18.2 Å². The number of hydrogen-bond acceptors (Lipinski definition) is 4. The topological polar surface area (TPSA) is 92.5 Å². The molecular formula is C10H10N2O4. The van der Waals surface area contributed by atoms with Gasteiger partial charge in [0, 0.05) is 12.6 Å². The summed E-state index contributed by atoms with van der Waals surface area (Å²) in [5.74, 6) is -1.13. The Kier molecular flexibility index (Phi) is 3.60. The van der Waals surface area contributed by atoms with Crippen molar-refractivity contribution >= 4 is 17.3 Å². The lowest BCUT2D eigenvalue weighted by Crippen LogP contribution is -2.04. The van der Waals surface area contributed by atoms with Crippen molar-refractivity contribution in [1.29, 1.82) is 0 Å². The molecule has 0 aliphatic carbocycles. The fourth-order valence-corrected chi connectivity index (χ4v) is 1.15. The summed E-state index contributed by atoms with van der Waals surface area (Å²) in [5.41, 5.74) is 0.00816. The van der Waals surface area contributed by atoms with Crippen LogP contribution in [0.25, 0.3) is 0 Å². The summed E-state index contributed by atoms with van der Waals surface area (Å²) in [4.78, 5) is 20.8. The number of anilines is 1. The van der Waals surface area contributed by atoms with Gasteiger partial charge in [0.15, 0.2) is 0 Å². The fourth-order valence-electron chi connectivity index (χ4n) is 1.15. The molecule has 0 amide bonds. The second-order valence-electron chi connectivity index (χ2n) is 2.96. The van der Waals surface area contributed by atoms with Crippen LogP contribution in [-0.4, -0.2) is 22.5 Å². The molecule has 0 aliphatic rings. The Labute approximate surface area is 91.4 Å². The molecule has 0 heterocycles. The van der Waals surface area contributed by atoms with Crippen molar-refractivity contribution in [3.8, 4) is 0 Å². The number of rotatable bonds is 5. The highest BCUT2D eigenvalue weighted by molar-refractivity contribution is 5.90. The van der Waals surface area contributed by atoms with Gasteiger partial charge in [-0.2, -0.15) is 0 Å². The van der Waals surface area contributed by atoms with Gasteiger partial charge >= 0.3 is 5.97 Å². The molecule has 0 saturated heterocycles. The number of nitrogens with zero attached hydrogens (tertiary/aromatic N) is 1. The van der Waals surface area contributed by atoms with Gasteiger partial charge < -0.3 is 10.4 Å². The zero-order chi connectivity index (χ0) is 12.1. The number of nitro benzene ring substituents is 1.